The number of rotatable bonds is 6. The summed E-state index contributed by atoms with van der Waals surface area (Å²) in [4.78, 5) is 0. The molecule has 0 bridgehead atoms. The molecule has 0 amide bonds. The van der Waals surface area contributed by atoms with Crippen LogP contribution in [0.15, 0.2) is 67.3 Å². The van der Waals surface area contributed by atoms with Crippen molar-refractivity contribution in [2.24, 2.45) is 0 Å². The molecule has 0 fully saturated rings. The fourth-order valence-electron chi connectivity index (χ4n) is 2.16. The van der Waals surface area contributed by atoms with E-state index in [1.807, 2.05) is 24.3 Å². The van der Waals surface area contributed by atoms with Crippen LogP contribution in [-0.2, 0) is 11.3 Å². The van der Waals surface area contributed by atoms with Crippen molar-refractivity contribution in [2.75, 3.05) is 0 Å². The zero-order chi connectivity index (χ0) is 13.5. The van der Waals surface area contributed by atoms with E-state index in [0.717, 1.165) is 6.42 Å². The Kier molecular flexibility index (Phi) is 4.93. The Balaban J connectivity index is 2.09. The van der Waals surface area contributed by atoms with Gasteiger partial charge in [0.1, 0.15) is 0 Å². The standard InChI is InChI=1S/C18H20O/c1-3-9-18(17-13-8-7-10-15(17)2)19-14-16-11-5-4-6-12-16/h3-8,10-13,18H,1,9,14H2,2H3. The second kappa shape index (κ2) is 6.91. The van der Waals surface area contributed by atoms with Crippen molar-refractivity contribution in [3.8, 4) is 0 Å². The van der Waals surface area contributed by atoms with Gasteiger partial charge in [-0.05, 0) is 30.0 Å². The van der Waals surface area contributed by atoms with Crippen LogP contribution in [0.25, 0.3) is 0 Å². The maximum atomic E-state index is 6.06. The van der Waals surface area contributed by atoms with Crippen molar-refractivity contribution in [1.82, 2.24) is 0 Å². The smallest absolute Gasteiger partial charge is 0.0866 e. The highest BCUT2D eigenvalue weighted by molar-refractivity contribution is 5.28. The molecule has 19 heavy (non-hydrogen) atoms. The van der Waals surface area contributed by atoms with Gasteiger partial charge in [0.05, 0.1) is 12.7 Å². The van der Waals surface area contributed by atoms with E-state index in [9.17, 15) is 0 Å². The number of ether oxygens (including phenoxy) is 1. The van der Waals surface area contributed by atoms with Crippen LogP contribution in [0.4, 0.5) is 0 Å². The molecule has 1 heteroatoms. The van der Waals surface area contributed by atoms with E-state index in [2.05, 4.69) is 49.9 Å². The predicted molar refractivity (Wildman–Crippen MR) is 80.0 cm³/mol. The lowest BCUT2D eigenvalue weighted by atomic mass is 10.0. The summed E-state index contributed by atoms with van der Waals surface area (Å²) in [5.41, 5.74) is 3.71. The Labute approximate surface area is 115 Å². The zero-order valence-corrected chi connectivity index (χ0v) is 11.4. The van der Waals surface area contributed by atoms with E-state index in [1.54, 1.807) is 0 Å². The summed E-state index contributed by atoms with van der Waals surface area (Å²) in [6.45, 7) is 6.59. The molecule has 0 heterocycles. The van der Waals surface area contributed by atoms with E-state index in [4.69, 9.17) is 4.74 Å². The topological polar surface area (TPSA) is 9.23 Å². The van der Waals surface area contributed by atoms with Gasteiger partial charge in [0.15, 0.2) is 0 Å². The molecule has 0 aliphatic carbocycles. The molecule has 1 unspecified atom stereocenters. The van der Waals surface area contributed by atoms with Crippen LogP contribution >= 0.6 is 0 Å². The molecule has 0 spiro atoms. The average Bonchev–Trinajstić information content (AvgIpc) is 2.45. The van der Waals surface area contributed by atoms with Crippen molar-refractivity contribution in [1.29, 1.82) is 0 Å². The van der Waals surface area contributed by atoms with Gasteiger partial charge in [0.2, 0.25) is 0 Å². The summed E-state index contributed by atoms with van der Waals surface area (Å²) >= 11 is 0. The molecule has 0 N–H and O–H groups in total. The third kappa shape index (κ3) is 3.80. The molecule has 2 aromatic rings. The van der Waals surface area contributed by atoms with E-state index in [-0.39, 0.29) is 6.10 Å². The highest BCUT2D eigenvalue weighted by atomic mass is 16.5. The summed E-state index contributed by atoms with van der Waals surface area (Å²) in [7, 11) is 0. The molecule has 0 aliphatic heterocycles. The Hall–Kier alpha value is -1.86. The third-order valence-electron chi connectivity index (χ3n) is 3.21. The molecule has 0 aliphatic rings. The number of aryl methyl sites for hydroxylation is 1. The largest absolute Gasteiger partial charge is 0.369 e. The molecule has 0 radical (unpaired) electrons. The summed E-state index contributed by atoms with van der Waals surface area (Å²) in [6, 6.07) is 18.6. The third-order valence-corrected chi connectivity index (χ3v) is 3.21. The van der Waals surface area contributed by atoms with Gasteiger partial charge in [0.25, 0.3) is 0 Å². The van der Waals surface area contributed by atoms with Gasteiger partial charge in [-0.3, -0.25) is 0 Å². The first-order chi connectivity index (χ1) is 9.31. The minimum atomic E-state index is 0.0823. The Morgan fingerprint density at radius 2 is 1.74 bits per heavy atom. The molecule has 2 aromatic carbocycles. The Bertz CT molecular complexity index is 516. The number of benzene rings is 2. The molecular formula is C18H20O. The van der Waals surface area contributed by atoms with E-state index >= 15 is 0 Å². The fraction of sp³-hybridized carbons (Fsp3) is 0.222. The monoisotopic (exact) mass is 252 g/mol. The highest BCUT2D eigenvalue weighted by Crippen LogP contribution is 2.25. The Morgan fingerprint density at radius 3 is 2.42 bits per heavy atom. The second-order valence-electron chi connectivity index (χ2n) is 4.67. The quantitative estimate of drug-likeness (QED) is 0.669. The van der Waals surface area contributed by atoms with Crippen LogP contribution < -0.4 is 0 Å². The lowest BCUT2D eigenvalue weighted by molar-refractivity contribution is 0.0413. The van der Waals surface area contributed by atoms with Crippen LogP contribution in [-0.4, -0.2) is 0 Å². The molecule has 98 valence electrons. The van der Waals surface area contributed by atoms with Gasteiger partial charge in [-0.15, -0.1) is 6.58 Å². The van der Waals surface area contributed by atoms with Crippen molar-refractivity contribution >= 4 is 0 Å². The van der Waals surface area contributed by atoms with Crippen LogP contribution in [0.3, 0.4) is 0 Å². The van der Waals surface area contributed by atoms with Gasteiger partial charge in [0, 0.05) is 0 Å². The van der Waals surface area contributed by atoms with Gasteiger partial charge in [-0.2, -0.15) is 0 Å². The zero-order valence-electron chi connectivity index (χ0n) is 11.4. The molecule has 0 aromatic heterocycles. The summed E-state index contributed by atoms with van der Waals surface area (Å²) in [5.74, 6) is 0. The van der Waals surface area contributed by atoms with Crippen molar-refractivity contribution < 1.29 is 4.74 Å². The lowest BCUT2D eigenvalue weighted by Gasteiger charge is -2.19. The predicted octanol–water partition coefficient (Wildman–Crippen LogP) is 4.83. The normalized spacial score (nSPS) is 12.1. The first-order valence-electron chi connectivity index (χ1n) is 6.63. The SMILES string of the molecule is C=CCC(OCc1ccccc1)c1ccccc1C. The van der Waals surface area contributed by atoms with Crippen molar-refractivity contribution in [3.05, 3.63) is 83.9 Å². The molecule has 0 saturated carbocycles. The first kappa shape index (κ1) is 13.6. The first-order valence-corrected chi connectivity index (χ1v) is 6.63. The van der Waals surface area contributed by atoms with Gasteiger partial charge in [-0.1, -0.05) is 60.7 Å². The number of hydrogen-bond donors (Lipinski definition) is 0. The van der Waals surface area contributed by atoms with Gasteiger partial charge >= 0.3 is 0 Å². The fourth-order valence-corrected chi connectivity index (χ4v) is 2.16. The van der Waals surface area contributed by atoms with E-state index in [0.29, 0.717) is 6.61 Å². The minimum absolute atomic E-state index is 0.0823. The van der Waals surface area contributed by atoms with Crippen LogP contribution in [0, 0.1) is 6.92 Å². The molecule has 1 nitrogen and oxygen atoms in total. The Morgan fingerprint density at radius 1 is 1.05 bits per heavy atom. The minimum Gasteiger partial charge on any atom is -0.369 e. The molecular weight excluding hydrogens is 232 g/mol. The van der Waals surface area contributed by atoms with E-state index in [1.165, 1.54) is 16.7 Å². The van der Waals surface area contributed by atoms with E-state index < -0.39 is 0 Å². The summed E-state index contributed by atoms with van der Waals surface area (Å²) in [5, 5.41) is 0. The van der Waals surface area contributed by atoms with Gasteiger partial charge < -0.3 is 4.74 Å². The lowest BCUT2D eigenvalue weighted by Crippen LogP contribution is -2.05. The number of hydrogen-bond acceptors (Lipinski definition) is 1. The van der Waals surface area contributed by atoms with Crippen LogP contribution in [0.1, 0.15) is 29.2 Å². The maximum Gasteiger partial charge on any atom is 0.0866 e. The molecule has 0 saturated heterocycles. The summed E-state index contributed by atoms with van der Waals surface area (Å²) < 4.78 is 6.06. The average molecular weight is 252 g/mol. The maximum absolute atomic E-state index is 6.06. The second-order valence-corrected chi connectivity index (χ2v) is 4.67. The van der Waals surface area contributed by atoms with Gasteiger partial charge in [-0.25, -0.2) is 0 Å². The molecule has 1 atom stereocenters. The van der Waals surface area contributed by atoms with Crippen molar-refractivity contribution in [2.45, 2.75) is 26.1 Å². The highest BCUT2D eigenvalue weighted by Gasteiger charge is 2.12. The summed E-state index contributed by atoms with van der Waals surface area (Å²) in [6.07, 6.45) is 2.83. The van der Waals surface area contributed by atoms with Crippen LogP contribution in [0.2, 0.25) is 0 Å². The van der Waals surface area contributed by atoms with Crippen molar-refractivity contribution in [3.63, 3.8) is 0 Å². The molecule has 2 rings (SSSR count). The van der Waals surface area contributed by atoms with Crippen LogP contribution in [0.5, 0.6) is 0 Å².